The highest BCUT2D eigenvalue weighted by molar-refractivity contribution is 7.06. The summed E-state index contributed by atoms with van der Waals surface area (Å²) in [5, 5.41) is 5.13. The third kappa shape index (κ3) is 5.62. The van der Waals surface area contributed by atoms with E-state index in [1.807, 2.05) is 0 Å². The topological polar surface area (TPSA) is 16.3 Å². The smallest absolute Gasteiger partial charge is 0.252 e. The molecule has 0 spiro atoms. The monoisotopic (exact) mass is 1070 g/mol. The molecule has 0 unspecified atom stereocenters. The Morgan fingerprint density at radius 3 is 0.894 bits per heavy atom. The molecule has 6 aliphatic heterocycles. The zero-order valence-corrected chi connectivity index (χ0v) is 46.0. The molecule has 4 nitrogen and oxygen atoms in total. The molecule has 13 aromatic carbocycles. The van der Waals surface area contributed by atoms with Crippen LogP contribution in [0.3, 0.4) is 0 Å². The van der Waals surface area contributed by atoms with E-state index in [1.54, 1.807) is 0 Å². The predicted molar refractivity (Wildman–Crippen MR) is 360 cm³/mol. The number of hydrogen-bond acceptors (Lipinski definition) is 2. The van der Waals surface area contributed by atoms with E-state index in [4.69, 9.17) is 0 Å². The molecule has 8 heterocycles. The lowest BCUT2D eigenvalue weighted by Crippen LogP contribution is -2.70. The number of anilines is 6. The maximum Gasteiger partial charge on any atom is 0.252 e. The lowest BCUT2D eigenvalue weighted by molar-refractivity contribution is 1.17. The Hall–Kier alpha value is -10.7. The number of fused-ring (bicyclic) bond motifs is 18. The highest BCUT2D eigenvalue weighted by Gasteiger charge is 2.52. The Bertz CT molecular complexity index is 5180. The quantitative estimate of drug-likeness (QED) is 0.163. The van der Waals surface area contributed by atoms with E-state index in [0.29, 0.717) is 0 Å². The number of rotatable bonds is 4. The number of nitrogens with zero attached hydrogens (tertiary/aromatic N) is 4. The summed E-state index contributed by atoms with van der Waals surface area (Å²) in [5.41, 5.74) is 37.3. The summed E-state index contributed by atoms with van der Waals surface area (Å²) in [5.74, 6) is 0. The molecule has 386 valence electrons. The molecule has 15 aromatic rings. The van der Waals surface area contributed by atoms with E-state index in [9.17, 15) is 0 Å². The Morgan fingerprint density at radius 1 is 0.212 bits per heavy atom. The summed E-state index contributed by atoms with van der Waals surface area (Å²) >= 11 is 0. The van der Waals surface area contributed by atoms with E-state index in [2.05, 4.69) is 292 Å². The van der Waals surface area contributed by atoms with Crippen molar-refractivity contribution >= 4 is 147 Å². The molecular weight excluding hydrogens is 1030 g/mol. The van der Waals surface area contributed by atoms with E-state index >= 15 is 0 Å². The van der Waals surface area contributed by atoms with Crippen molar-refractivity contribution in [1.82, 2.24) is 9.13 Å². The van der Waals surface area contributed by atoms with Gasteiger partial charge < -0.3 is 18.9 Å². The van der Waals surface area contributed by atoms with Gasteiger partial charge in [-0.2, -0.15) is 0 Å². The van der Waals surface area contributed by atoms with Crippen LogP contribution in [-0.2, 0) is 0 Å². The second kappa shape index (κ2) is 16.1. The van der Waals surface area contributed by atoms with Gasteiger partial charge in [0, 0.05) is 78.1 Å². The minimum absolute atomic E-state index is 0.00848. The average molecular weight is 1070 g/mol. The van der Waals surface area contributed by atoms with Crippen molar-refractivity contribution in [2.24, 2.45) is 0 Å². The highest BCUT2D eigenvalue weighted by Crippen LogP contribution is 2.49. The van der Waals surface area contributed by atoms with Gasteiger partial charge in [0.25, 0.3) is 20.1 Å². The molecule has 0 amide bonds. The minimum atomic E-state index is -0.0118. The van der Waals surface area contributed by atoms with Crippen molar-refractivity contribution in [3.8, 4) is 55.9 Å². The molecule has 0 radical (unpaired) electrons. The van der Waals surface area contributed by atoms with E-state index in [0.717, 1.165) is 0 Å². The normalized spacial score (nSPS) is 13.8. The van der Waals surface area contributed by atoms with Gasteiger partial charge in [0.15, 0.2) is 0 Å². The number of benzene rings is 13. The number of aromatic nitrogens is 2. The summed E-state index contributed by atoms with van der Waals surface area (Å²) in [6.07, 6.45) is 0. The van der Waals surface area contributed by atoms with Crippen LogP contribution in [-0.4, -0.2) is 29.3 Å². The molecule has 7 heteroatoms. The molecule has 21 rings (SSSR count). The molecule has 0 fully saturated rings. The second-order valence-corrected chi connectivity index (χ2v) is 24.2. The van der Waals surface area contributed by atoms with Crippen LogP contribution in [0, 0.1) is 0 Å². The first-order valence-electron chi connectivity index (χ1n) is 29.9. The van der Waals surface area contributed by atoms with Crippen LogP contribution >= 0.6 is 0 Å². The molecule has 0 saturated carbocycles. The molecule has 0 bridgehead atoms. The lowest BCUT2D eigenvalue weighted by Gasteiger charge is -2.50. The largest absolute Gasteiger partial charge is 0.312 e. The van der Waals surface area contributed by atoms with Crippen molar-refractivity contribution in [2.45, 2.75) is 0 Å². The summed E-state index contributed by atoms with van der Waals surface area (Å²) in [4.78, 5) is 5.35. The van der Waals surface area contributed by atoms with Gasteiger partial charge in [-0.3, -0.25) is 0 Å². The fourth-order valence-electron chi connectivity index (χ4n) is 17.0. The van der Waals surface area contributed by atoms with Crippen molar-refractivity contribution in [1.29, 1.82) is 0 Å². The van der Waals surface area contributed by atoms with Crippen LogP contribution in [0.1, 0.15) is 0 Å². The van der Waals surface area contributed by atoms with Crippen molar-refractivity contribution < 1.29 is 0 Å². The first kappa shape index (κ1) is 44.9. The zero-order valence-electron chi connectivity index (χ0n) is 46.0. The standard InChI is InChI=1S/C78H45B3N4/c1-5-18-46(19-6-1)50-36-38-64-54(40-50)56-42-52(48-22-9-3-10-23-48)44-62-75(56)82(64)66-30-15-34-70-73(66)80(62)60-28-13-26-58-77(60)84(70)68-32-17-33-69-72(68)79(58)59-27-14-29-61-78(59)85(69)71-35-16-31-67-74(71)81(61)63-45-53(49-24-11-4-12-25-49)43-57-55-41-51(47-20-7-2-8-21-47)37-39-65(55)83(67)76(57)63/h1-45H. The maximum absolute atomic E-state index is 2.67. The summed E-state index contributed by atoms with van der Waals surface area (Å²) in [6, 6.07) is 104. The molecule has 0 aliphatic carbocycles. The van der Waals surface area contributed by atoms with Crippen LogP contribution in [0.2, 0.25) is 0 Å². The Morgan fingerprint density at radius 2 is 0.518 bits per heavy atom. The maximum atomic E-state index is 2.67. The average Bonchev–Trinajstić information content (AvgIpc) is 1.65. The van der Waals surface area contributed by atoms with E-state index in [1.165, 1.54) is 183 Å². The Kier molecular flexibility index (Phi) is 8.48. The summed E-state index contributed by atoms with van der Waals surface area (Å²) in [6.45, 7) is -0.0287. The molecule has 6 aliphatic rings. The van der Waals surface area contributed by atoms with Gasteiger partial charge in [0.2, 0.25) is 0 Å². The fourth-order valence-corrected chi connectivity index (χ4v) is 17.0. The van der Waals surface area contributed by atoms with Gasteiger partial charge in [-0.25, -0.2) is 0 Å². The lowest BCUT2D eigenvalue weighted by atomic mass is 9.27. The van der Waals surface area contributed by atoms with Crippen LogP contribution in [0.15, 0.2) is 273 Å². The highest BCUT2D eigenvalue weighted by atomic mass is 15.2. The SMILES string of the molecule is c1ccc(-c2ccc3c(c2)c2cc(-c4ccccc4)cc4c2n3-c2cccc3c2B4c2cccc4c2N3c2cccc3c2B4c2cccc4c2N3c2cccc3c2B4c2cc(-c4ccccc4)cc4c5cc(-c6ccccc6)ccc5n-3c24)cc1. The molecule has 0 saturated heterocycles. The third-order valence-electron chi connectivity index (χ3n) is 20.2. The molecule has 0 atom stereocenters. The van der Waals surface area contributed by atoms with Gasteiger partial charge >= 0.3 is 0 Å². The summed E-state index contributed by atoms with van der Waals surface area (Å²) < 4.78 is 5.21. The predicted octanol–water partition coefficient (Wildman–Crippen LogP) is 12.9. The van der Waals surface area contributed by atoms with Crippen LogP contribution in [0.5, 0.6) is 0 Å². The molecule has 2 aromatic heterocycles. The van der Waals surface area contributed by atoms with E-state index in [-0.39, 0.29) is 20.1 Å². The van der Waals surface area contributed by atoms with Crippen molar-refractivity contribution in [3.63, 3.8) is 0 Å². The Balaban J connectivity index is 0.824. The third-order valence-corrected chi connectivity index (χ3v) is 20.2. The van der Waals surface area contributed by atoms with Crippen molar-refractivity contribution in [3.05, 3.63) is 273 Å². The second-order valence-electron chi connectivity index (χ2n) is 24.2. The van der Waals surface area contributed by atoms with Gasteiger partial charge in [-0.05, 0) is 166 Å². The number of hydrogen-bond donors (Lipinski definition) is 0. The first-order valence-corrected chi connectivity index (χ1v) is 29.9. The van der Waals surface area contributed by atoms with Gasteiger partial charge in [0.05, 0.1) is 11.0 Å². The van der Waals surface area contributed by atoms with Gasteiger partial charge in [0.1, 0.15) is 0 Å². The fraction of sp³-hybridized carbons (Fsp3) is 0. The van der Waals surface area contributed by atoms with Crippen LogP contribution in [0.25, 0.3) is 99.5 Å². The molecule has 85 heavy (non-hydrogen) atoms. The minimum Gasteiger partial charge on any atom is -0.312 e. The van der Waals surface area contributed by atoms with Gasteiger partial charge in [-0.1, -0.05) is 200 Å². The van der Waals surface area contributed by atoms with E-state index < -0.39 is 0 Å². The first-order chi connectivity index (χ1) is 42.2. The zero-order chi connectivity index (χ0) is 54.9. The van der Waals surface area contributed by atoms with Crippen molar-refractivity contribution in [2.75, 3.05) is 9.80 Å². The van der Waals surface area contributed by atoms with Crippen LogP contribution in [0.4, 0.5) is 34.1 Å². The number of para-hydroxylation sites is 2. The van der Waals surface area contributed by atoms with Gasteiger partial charge in [-0.15, -0.1) is 0 Å². The summed E-state index contributed by atoms with van der Waals surface area (Å²) in [7, 11) is 0. The Labute approximate surface area is 492 Å². The molecule has 0 N–H and O–H groups in total. The molecular formula is C78H45B3N4. The van der Waals surface area contributed by atoms with Crippen LogP contribution < -0.4 is 59.0 Å².